The van der Waals surface area contributed by atoms with Crippen molar-refractivity contribution in [3.63, 3.8) is 0 Å². The fourth-order valence-electron chi connectivity index (χ4n) is 3.68. The van der Waals surface area contributed by atoms with Crippen LogP contribution in [0, 0.1) is 13.8 Å². The first-order valence-electron chi connectivity index (χ1n) is 10.7. The maximum absolute atomic E-state index is 13.1. The van der Waals surface area contributed by atoms with Crippen LogP contribution in [0.15, 0.2) is 72.3 Å². The van der Waals surface area contributed by atoms with E-state index in [1.165, 1.54) is 13.2 Å². The number of carbonyl (C=O) groups is 3. The summed E-state index contributed by atoms with van der Waals surface area (Å²) in [6.07, 6.45) is 1.43. The standard InChI is InChI=1S/C27H24N2O5/c1-17-6-4-8-20(12-17)16-34-23-11-10-19(15-24(23)33-3)14-22-25(30)28-27(32)29(26(22)31)21-9-5-7-18(2)13-21/h4-15H,16H2,1-3H3,(H,28,30,32)/b22-14+. The molecule has 1 fully saturated rings. The van der Waals surface area contributed by atoms with Crippen molar-refractivity contribution in [1.29, 1.82) is 0 Å². The van der Waals surface area contributed by atoms with Crippen LogP contribution in [0.5, 0.6) is 11.5 Å². The van der Waals surface area contributed by atoms with Crippen molar-refractivity contribution in [2.75, 3.05) is 12.0 Å². The molecule has 0 atom stereocenters. The molecular formula is C27H24N2O5. The molecule has 7 heteroatoms. The number of hydrogen-bond acceptors (Lipinski definition) is 5. The zero-order chi connectivity index (χ0) is 24.2. The van der Waals surface area contributed by atoms with E-state index in [4.69, 9.17) is 9.47 Å². The van der Waals surface area contributed by atoms with Gasteiger partial charge in [0.15, 0.2) is 11.5 Å². The van der Waals surface area contributed by atoms with Gasteiger partial charge < -0.3 is 9.47 Å². The van der Waals surface area contributed by atoms with E-state index in [1.54, 1.807) is 36.4 Å². The minimum Gasteiger partial charge on any atom is -0.493 e. The van der Waals surface area contributed by atoms with Gasteiger partial charge in [-0.3, -0.25) is 14.9 Å². The zero-order valence-electron chi connectivity index (χ0n) is 19.1. The molecule has 4 amide bonds. The Morgan fingerprint density at radius 1 is 0.882 bits per heavy atom. The molecule has 1 heterocycles. The van der Waals surface area contributed by atoms with E-state index in [-0.39, 0.29) is 5.57 Å². The van der Waals surface area contributed by atoms with Gasteiger partial charge in [0.05, 0.1) is 12.8 Å². The first-order chi connectivity index (χ1) is 16.4. The summed E-state index contributed by atoms with van der Waals surface area (Å²) < 4.78 is 11.4. The predicted molar refractivity (Wildman–Crippen MR) is 129 cm³/mol. The Morgan fingerprint density at radius 3 is 2.32 bits per heavy atom. The predicted octanol–water partition coefficient (Wildman–Crippen LogP) is 4.56. The van der Waals surface area contributed by atoms with E-state index in [2.05, 4.69) is 5.32 Å². The molecule has 3 aromatic carbocycles. The number of nitrogens with one attached hydrogen (secondary N) is 1. The number of nitrogens with zero attached hydrogens (tertiary/aromatic N) is 1. The first-order valence-corrected chi connectivity index (χ1v) is 10.7. The van der Waals surface area contributed by atoms with Crippen LogP contribution in [-0.2, 0) is 16.2 Å². The normalized spacial score (nSPS) is 14.9. The average molecular weight is 456 g/mol. The van der Waals surface area contributed by atoms with E-state index in [9.17, 15) is 14.4 Å². The SMILES string of the molecule is COc1cc(/C=C2\C(=O)NC(=O)N(c3cccc(C)c3)C2=O)ccc1OCc1cccc(C)c1. The number of benzene rings is 3. The quantitative estimate of drug-likeness (QED) is 0.434. The van der Waals surface area contributed by atoms with Crippen LogP contribution in [0.3, 0.4) is 0 Å². The van der Waals surface area contributed by atoms with Crippen LogP contribution >= 0.6 is 0 Å². The van der Waals surface area contributed by atoms with E-state index in [0.717, 1.165) is 21.6 Å². The number of anilines is 1. The summed E-state index contributed by atoms with van der Waals surface area (Å²) in [6.45, 7) is 4.24. The molecule has 1 aliphatic rings. The molecule has 0 saturated carbocycles. The molecule has 0 radical (unpaired) electrons. The second-order valence-corrected chi connectivity index (χ2v) is 7.98. The molecule has 7 nitrogen and oxygen atoms in total. The highest BCUT2D eigenvalue weighted by Gasteiger charge is 2.36. The van der Waals surface area contributed by atoms with Crippen molar-refractivity contribution in [2.45, 2.75) is 20.5 Å². The number of methoxy groups -OCH3 is 1. The lowest BCUT2D eigenvalue weighted by atomic mass is 10.1. The molecule has 0 bridgehead atoms. The minimum absolute atomic E-state index is 0.156. The van der Waals surface area contributed by atoms with Gasteiger partial charge >= 0.3 is 6.03 Å². The van der Waals surface area contributed by atoms with Crippen LogP contribution in [0.25, 0.3) is 6.08 Å². The van der Waals surface area contributed by atoms with Gasteiger partial charge in [0, 0.05) is 0 Å². The summed E-state index contributed by atoms with van der Waals surface area (Å²) in [4.78, 5) is 38.9. The molecule has 0 aliphatic carbocycles. The molecule has 0 spiro atoms. The lowest BCUT2D eigenvalue weighted by molar-refractivity contribution is -0.122. The van der Waals surface area contributed by atoms with Crippen molar-refractivity contribution in [3.05, 3.63) is 94.6 Å². The summed E-state index contributed by atoms with van der Waals surface area (Å²) in [5, 5.41) is 2.23. The second kappa shape index (κ2) is 9.62. The van der Waals surface area contributed by atoms with Gasteiger partial charge in [0.2, 0.25) is 0 Å². The molecule has 1 N–H and O–H groups in total. The Kier molecular flexibility index (Phi) is 6.45. The molecule has 0 unspecified atom stereocenters. The third-order valence-electron chi connectivity index (χ3n) is 5.34. The van der Waals surface area contributed by atoms with Gasteiger partial charge in [0.1, 0.15) is 12.2 Å². The summed E-state index contributed by atoms with van der Waals surface area (Å²) >= 11 is 0. The molecule has 1 aliphatic heterocycles. The van der Waals surface area contributed by atoms with Crippen molar-refractivity contribution in [1.82, 2.24) is 5.32 Å². The maximum Gasteiger partial charge on any atom is 0.335 e. The first kappa shape index (κ1) is 22.8. The average Bonchev–Trinajstić information content (AvgIpc) is 2.80. The van der Waals surface area contributed by atoms with Crippen LogP contribution in [0.1, 0.15) is 22.3 Å². The number of rotatable bonds is 6. The summed E-state index contributed by atoms with van der Waals surface area (Å²) in [6, 6.07) is 19.3. The summed E-state index contributed by atoms with van der Waals surface area (Å²) in [5.41, 5.74) is 3.83. The van der Waals surface area contributed by atoms with Gasteiger partial charge in [-0.2, -0.15) is 0 Å². The van der Waals surface area contributed by atoms with E-state index in [1.807, 2.05) is 44.2 Å². The number of hydrogen-bond donors (Lipinski definition) is 1. The third-order valence-corrected chi connectivity index (χ3v) is 5.34. The fraction of sp³-hybridized carbons (Fsp3) is 0.148. The third kappa shape index (κ3) is 4.83. The Labute approximate surface area is 197 Å². The number of urea groups is 1. The zero-order valence-corrected chi connectivity index (χ0v) is 19.1. The van der Waals surface area contributed by atoms with Crippen molar-refractivity contribution < 1.29 is 23.9 Å². The van der Waals surface area contributed by atoms with E-state index < -0.39 is 17.8 Å². The molecular weight excluding hydrogens is 432 g/mol. The highest BCUT2D eigenvalue weighted by atomic mass is 16.5. The Morgan fingerprint density at radius 2 is 1.62 bits per heavy atom. The van der Waals surface area contributed by atoms with Gasteiger partial charge in [-0.25, -0.2) is 9.69 Å². The molecule has 0 aromatic heterocycles. The fourth-order valence-corrected chi connectivity index (χ4v) is 3.68. The maximum atomic E-state index is 13.1. The van der Waals surface area contributed by atoms with E-state index in [0.29, 0.717) is 29.4 Å². The summed E-state index contributed by atoms with van der Waals surface area (Å²) in [5.74, 6) is -0.463. The molecule has 34 heavy (non-hydrogen) atoms. The van der Waals surface area contributed by atoms with Gasteiger partial charge in [-0.1, -0.05) is 48.0 Å². The Balaban J connectivity index is 1.60. The van der Waals surface area contributed by atoms with Crippen molar-refractivity contribution >= 4 is 29.6 Å². The largest absolute Gasteiger partial charge is 0.493 e. The smallest absolute Gasteiger partial charge is 0.335 e. The molecule has 4 rings (SSSR count). The highest BCUT2D eigenvalue weighted by Crippen LogP contribution is 2.30. The number of carbonyl (C=O) groups excluding carboxylic acids is 3. The topological polar surface area (TPSA) is 84.9 Å². The number of barbiturate groups is 1. The van der Waals surface area contributed by atoms with Crippen molar-refractivity contribution in [2.24, 2.45) is 0 Å². The number of ether oxygens (including phenoxy) is 2. The van der Waals surface area contributed by atoms with Crippen LogP contribution in [0.4, 0.5) is 10.5 Å². The van der Waals surface area contributed by atoms with Crippen LogP contribution in [0.2, 0.25) is 0 Å². The highest BCUT2D eigenvalue weighted by molar-refractivity contribution is 6.39. The lowest BCUT2D eigenvalue weighted by Crippen LogP contribution is -2.54. The van der Waals surface area contributed by atoms with Gasteiger partial charge in [-0.05, 0) is 60.9 Å². The van der Waals surface area contributed by atoms with Crippen LogP contribution in [-0.4, -0.2) is 25.0 Å². The number of aryl methyl sites for hydroxylation is 2. The van der Waals surface area contributed by atoms with Crippen LogP contribution < -0.4 is 19.7 Å². The monoisotopic (exact) mass is 456 g/mol. The lowest BCUT2D eigenvalue weighted by Gasteiger charge is -2.26. The van der Waals surface area contributed by atoms with Gasteiger partial charge in [0.25, 0.3) is 11.8 Å². The minimum atomic E-state index is -0.782. The molecule has 172 valence electrons. The Hall–Kier alpha value is -4.39. The summed E-state index contributed by atoms with van der Waals surface area (Å²) in [7, 11) is 1.52. The second-order valence-electron chi connectivity index (χ2n) is 7.98. The number of amides is 4. The molecule has 1 saturated heterocycles. The molecule has 3 aromatic rings. The van der Waals surface area contributed by atoms with Gasteiger partial charge in [-0.15, -0.1) is 0 Å². The number of imide groups is 2. The Bertz CT molecular complexity index is 1310. The van der Waals surface area contributed by atoms with E-state index >= 15 is 0 Å². The van der Waals surface area contributed by atoms with Crippen molar-refractivity contribution in [3.8, 4) is 11.5 Å².